The van der Waals surface area contributed by atoms with Crippen LogP contribution in [0.2, 0.25) is 5.02 Å². The predicted molar refractivity (Wildman–Crippen MR) is 73.6 cm³/mol. The third-order valence-corrected chi connectivity index (χ3v) is 2.91. The first-order chi connectivity index (χ1) is 9.90. The number of hydrogen-bond donors (Lipinski definition) is 3. The summed E-state index contributed by atoms with van der Waals surface area (Å²) in [5.41, 5.74) is 2.80. The zero-order chi connectivity index (χ0) is 15.5. The van der Waals surface area contributed by atoms with E-state index in [1.165, 1.54) is 6.07 Å². The highest BCUT2D eigenvalue weighted by Crippen LogP contribution is 2.28. The van der Waals surface area contributed by atoms with E-state index in [1.54, 1.807) is 24.3 Å². The molecule has 0 spiro atoms. The Labute approximate surface area is 123 Å². The van der Waals surface area contributed by atoms with Crippen LogP contribution in [0.5, 0.6) is 0 Å². The lowest BCUT2D eigenvalue weighted by atomic mass is 10.2. The zero-order valence-electron chi connectivity index (χ0n) is 10.6. The summed E-state index contributed by atoms with van der Waals surface area (Å²) in [6.07, 6.45) is -4.66. The Kier molecular flexibility index (Phi) is 4.49. The second-order valence-electron chi connectivity index (χ2n) is 4.05. The summed E-state index contributed by atoms with van der Waals surface area (Å²) >= 11 is 5.97. The maximum atomic E-state index is 12.7. The molecule has 112 valence electrons. The lowest BCUT2D eigenvalue weighted by Crippen LogP contribution is -2.17. The van der Waals surface area contributed by atoms with Gasteiger partial charge in [0.1, 0.15) is 11.6 Å². The van der Waals surface area contributed by atoms with Crippen LogP contribution in [0.15, 0.2) is 30.3 Å². The van der Waals surface area contributed by atoms with Crippen molar-refractivity contribution in [1.29, 1.82) is 0 Å². The van der Waals surface area contributed by atoms with Gasteiger partial charge >= 0.3 is 6.18 Å². The van der Waals surface area contributed by atoms with E-state index < -0.39 is 12.0 Å². The van der Waals surface area contributed by atoms with Crippen LogP contribution in [-0.2, 0) is 12.7 Å². The van der Waals surface area contributed by atoms with E-state index >= 15 is 0 Å². The SMILES string of the molecule is NNc1cc(NCc2ccccc2Cl)nc(C(F)(F)F)n1. The summed E-state index contributed by atoms with van der Waals surface area (Å²) in [7, 11) is 0. The molecule has 0 amide bonds. The summed E-state index contributed by atoms with van der Waals surface area (Å²) in [6.45, 7) is 0.220. The maximum absolute atomic E-state index is 12.7. The molecular formula is C12H11ClF3N5. The molecule has 1 aromatic heterocycles. The molecule has 0 aliphatic heterocycles. The molecule has 0 radical (unpaired) electrons. The van der Waals surface area contributed by atoms with E-state index in [2.05, 4.69) is 20.7 Å². The fraction of sp³-hybridized carbons (Fsp3) is 0.167. The Morgan fingerprint density at radius 1 is 1.14 bits per heavy atom. The van der Waals surface area contributed by atoms with E-state index in [-0.39, 0.29) is 18.2 Å². The molecule has 2 aromatic rings. The molecule has 0 bridgehead atoms. The molecule has 9 heteroatoms. The molecule has 0 atom stereocenters. The molecule has 5 nitrogen and oxygen atoms in total. The van der Waals surface area contributed by atoms with Crippen molar-refractivity contribution in [3.05, 3.63) is 46.7 Å². The van der Waals surface area contributed by atoms with E-state index in [0.29, 0.717) is 5.02 Å². The highest BCUT2D eigenvalue weighted by atomic mass is 35.5. The molecule has 2 rings (SSSR count). The average molecular weight is 318 g/mol. The summed E-state index contributed by atoms with van der Waals surface area (Å²) < 4.78 is 38.0. The molecule has 0 saturated heterocycles. The van der Waals surface area contributed by atoms with Gasteiger partial charge in [-0.2, -0.15) is 13.2 Å². The minimum Gasteiger partial charge on any atom is -0.366 e. The molecule has 0 fully saturated rings. The van der Waals surface area contributed by atoms with Gasteiger partial charge in [0.25, 0.3) is 0 Å². The topological polar surface area (TPSA) is 75.9 Å². The van der Waals surface area contributed by atoms with Crippen molar-refractivity contribution >= 4 is 23.2 Å². The number of halogens is 4. The third kappa shape index (κ3) is 3.96. The van der Waals surface area contributed by atoms with Crippen LogP contribution in [0.3, 0.4) is 0 Å². The second-order valence-corrected chi connectivity index (χ2v) is 4.46. The lowest BCUT2D eigenvalue weighted by molar-refractivity contribution is -0.144. The average Bonchev–Trinajstić information content (AvgIpc) is 2.45. The zero-order valence-corrected chi connectivity index (χ0v) is 11.3. The number of benzene rings is 1. The van der Waals surface area contributed by atoms with E-state index in [1.807, 2.05) is 0 Å². The van der Waals surface area contributed by atoms with Crippen LogP contribution in [0, 0.1) is 0 Å². The first-order valence-electron chi connectivity index (χ1n) is 5.80. The van der Waals surface area contributed by atoms with E-state index in [9.17, 15) is 13.2 Å². The number of aromatic nitrogens is 2. The van der Waals surface area contributed by atoms with Crippen molar-refractivity contribution < 1.29 is 13.2 Å². The first kappa shape index (κ1) is 15.3. The van der Waals surface area contributed by atoms with Crippen LogP contribution in [0.1, 0.15) is 11.4 Å². The third-order valence-electron chi connectivity index (χ3n) is 2.55. The Balaban J connectivity index is 2.22. The van der Waals surface area contributed by atoms with Crippen LogP contribution in [0.25, 0.3) is 0 Å². The number of nitrogen functional groups attached to an aromatic ring is 1. The van der Waals surface area contributed by atoms with Gasteiger partial charge in [-0.15, -0.1) is 0 Å². The second kappa shape index (κ2) is 6.15. The van der Waals surface area contributed by atoms with Gasteiger partial charge in [0.05, 0.1) is 0 Å². The summed E-state index contributed by atoms with van der Waals surface area (Å²) in [4.78, 5) is 6.67. The number of nitrogens with one attached hydrogen (secondary N) is 2. The van der Waals surface area contributed by atoms with Crippen molar-refractivity contribution in [3.8, 4) is 0 Å². The van der Waals surface area contributed by atoms with E-state index in [0.717, 1.165) is 5.56 Å². The number of alkyl halides is 3. The predicted octanol–water partition coefficient (Wildman–Crippen LogP) is 3.05. The molecule has 21 heavy (non-hydrogen) atoms. The molecule has 0 aliphatic carbocycles. The minimum absolute atomic E-state index is 0.00908. The van der Waals surface area contributed by atoms with Gasteiger partial charge in [0.2, 0.25) is 5.82 Å². The number of hydrazine groups is 1. The number of rotatable bonds is 4. The lowest BCUT2D eigenvalue weighted by Gasteiger charge is -2.11. The Morgan fingerprint density at radius 2 is 1.81 bits per heavy atom. The molecule has 1 heterocycles. The summed E-state index contributed by atoms with van der Waals surface area (Å²) in [5, 5.41) is 3.26. The van der Waals surface area contributed by atoms with Gasteiger partial charge < -0.3 is 10.7 Å². The minimum atomic E-state index is -4.66. The number of nitrogens with zero attached hydrogens (tertiary/aromatic N) is 2. The van der Waals surface area contributed by atoms with Gasteiger partial charge in [-0.1, -0.05) is 29.8 Å². The van der Waals surface area contributed by atoms with Gasteiger partial charge in [-0.3, -0.25) is 0 Å². The number of anilines is 2. The monoisotopic (exact) mass is 317 g/mol. The number of hydrogen-bond acceptors (Lipinski definition) is 5. The van der Waals surface area contributed by atoms with Crippen molar-refractivity contribution in [1.82, 2.24) is 9.97 Å². The Bertz CT molecular complexity index is 633. The van der Waals surface area contributed by atoms with Crippen molar-refractivity contribution in [3.63, 3.8) is 0 Å². The Hall–Kier alpha value is -2.06. The maximum Gasteiger partial charge on any atom is 0.451 e. The van der Waals surface area contributed by atoms with E-state index in [4.69, 9.17) is 17.4 Å². The van der Waals surface area contributed by atoms with Crippen LogP contribution in [-0.4, -0.2) is 9.97 Å². The van der Waals surface area contributed by atoms with Crippen molar-refractivity contribution in [2.24, 2.45) is 5.84 Å². The van der Waals surface area contributed by atoms with Crippen LogP contribution in [0.4, 0.5) is 24.8 Å². The molecule has 1 aromatic carbocycles. The summed E-state index contributed by atoms with van der Waals surface area (Å²) in [6, 6.07) is 8.24. The fourth-order valence-corrected chi connectivity index (χ4v) is 1.77. The first-order valence-corrected chi connectivity index (χ1v) is 6.18. The fourth-order valence-electron chi connectivity index (χ4n) is 1.57. The standard InChI is InChI=1S/C12H11ClF3N5/c13-8-4-2-1-3-7(8)6-18-9-5-10(21-17)20-11(19-9)12(14,15)16/h1-5H,6,17H2,(H2,18,19,20,21). The smallest absolute Gasteiger partial charge is 0.366 e. The number of nitrogens with two attached hydrogens (primary N) is 1. The van der Waals surface area contributed by atoms with Gasteiger partial charge in [0.15, 0.2) is 0 Å². The van der Waals surface area contributed by atoms with Gasteiger partial charge in [0, 0.05) is 17.6 Å². The largest absolute Gasteiger partial charge is 0.451 e. The Morgan fingerprint density at radius 3 is 2.43 bits per heavy atom. The highest BCUT2D eigenvalue weighted by molar-refractivity contribution is 6.31. The highest BCUT2D eigenvalue weighted by Gasteiger charge is 2.35. The summed E-state index contributed by atoms with van der Waals surface area (Å²) in [5.74, 6) is 3.68. The molecule has 0 saturated carbocycles. The molecular weight excluding hydrogens is 307 g/mol. The normalized spacial score (nSPS) is 11.3. The van der Waals surface area contributed by atoms with Crippen LogP contribution < -0.4 is 16.6 Å². The van der Waals surface area contributed by atoms with Crippen molar-refractivity contribution in [2.75, 3.05) is 10.7 Å². The molecule has 0 unspecified atom stereocenters. The van der Waals surface area contributed by atoms with Gasteiger partial charge in [-0.25, -0.2) is 15.8 Å². The van der Waals surface area contributed by atoms with Gasteiger partial charge in [-0.05, 0) is 11.6 Å². The molecule has 4 N–H and O–H groups in total. The van der Waals surface area contributed by atoms with Crippen molar-refractivity contribution in [2.45, 2.75) is 12.7 Å². The van der Waals surface area contributed by atoms with Crippen LogP contribution >= 0.6 is 11.6 Å². The molecule has 0 aliphatic rings. The quantitative estimate of drug-likeness (QED) is 0.597.